The molecular weight excluding hydrogens is 432 g/mol. The first-order valence-corrected chi connectivity index (χ1v) is 10.7. The van der Waals surface area contributed by atoms with Gasteiger partial charge in [0.2, 0.25) is 11.8 Å². The molecule has 1 saturated carbocycles. The summed E-state index contributed by atoms with van der Waals surface area (Å²) in [6, 6.07) is 12.7. The molecule has 1 N–H and O–H groups in total. The summed E-state index contributed by atoms with van der Waals surface area (Å²) in [6.45, 7) is -0.463. The minimum atomic E-state index is -0.684. The van der Waals surface area contributed by atoms with Gasteiger partial charge in [-0.2, -0.15) is 0 Å². The Morgan fingerprint density at radius 3 is 2.28 bits per heavy atom. The summed E-state index contributed by atoms with van der Waals surface area (Å²) < 4.78 is 5.06. The average molecular weight is 451 g/mol. The van der Waals surface area contributed by atoms with Crippen molar-refractivity contribution < 1.29 is 23.9 Å². The molecule has 0 radical (unpaired) electrons. The van der Waals surface area contributed by atoms with Crippen LogP contribution in [0, 0.1) is 23.7 Å². The van der Waals surface area contributed by atoms with Crippen LogP contribution < -0.4 is 10.2 Å². The van der Waals surface area contributed by atoms with Gasteiger partial charge in [0.15, 0.2) is 6.61 Å². The Labute approximate surface area is 189 Å². The normalized spacial score (nSPS) is 25.2. The standard InChI is InChI=1S/C24H19ClN2O5/c25-16-2-1-3-17(11-16)26-19(28)12-32-24(31)13-6-8-18(9-7-13)27-22(29)20-14-4-5-15(10-14)21(20)23(27)30/h1-9,11,14-15,20-21H,10,12H2,(H,26,28)/t14-,15-,20+,21+/m0/s1. The van der Waals surface area contributed by atoms with E-state index in [0.717, 1.165) is 6.42 Å². The van der Waals surface area contributed by atoms with Gasteiger partial charge >= 0.3 is 5.97 Å². The maximum atomic E-state index is 12.9. The van der Waals surface area contributed by atoms with E-state index < -0.39 is 18.5 Å². The Bertz CT molecular complexity index is 1130. The van der Waals surface area contributed by atoms with Crippen molar-refractivity contribution in [2.24, 2.45) is 23.7 Å². The lowest BCUT2D eigenvalue weighted by molar-refractivity contribution is -0.123. The van der Waals surface area contributed by atoms with E-state index in [1.165, 1.54) is 17.0 Å². The molecule has 32 heavy (non-hydrogen) atoms. The number of ether oxygens (including phenoxy) is 1. The number of rotatable bonds is 5. The van der Waals surface area contributed by atoms with E-state index in [9.17, 15) is 19.2 Å². The van der Waals surface area contributed by atoms with Crippen LogP contribution in [-0.2, 0) is 19.1 Å². The molecule has 1 heterocycles. The maximum Gasteiger partial charge on any atom is 0.338 e. The van der Waals surface area contributed by atoms with E-state index in [1.807, 2.05) is 12.2 Å². The number of anilines is 2. The summed E-state index contributed by atoms with van der Waals surface area (Å²) in [6.07, 6.45) is 4.96. The maximum absolute atomic E-state index is 12.9. The van der Waals surface area contributed by atoms with Crippen molar-refractivity contribution in [1.82, 2.24) is 0 Å². The number of amides is 3. The number of imide groups is 1. The fourth-order valence-corrected chi connectivity index (χ4v) is 5.07. The number of halogens is 1. The van der Waals surface area contributed by atoms with Gasteiger partial charge in [-0.3, -0.25) is 19.3 Å². The molecule has 3 amide bonds. The third kappa shape index (κ3) is 3.48. The van der Waals surface area contributed by atoms with Crippen molar-refractivity contribution in [3.8, 4) is 0 Å². The number of nitrogens with one attached hydrogen (secondary N) is 1. The number of fused-ring (bicyclic) bond motifs is 5. The van der Waals surface area contributed by atoms with Crippen molar-refractivity contribution >= 4 is 46.7 Å². The van der Waals surface area contributed by atoms with E-state index in [2.05, 4.69) is 5.32 Å². The van der Waals surface area contributed by atoms with Crippen LogP contribution in [0.3, 0.4) is 0 Å². The minimum absolute atomic E-state index is 0.138. The van der Waals surface area contributed by atoms with Crippen LogP contribution in [0.15, 0.2) is 60.7 Å². The molecule has 0 unspecified atom stereocenters. The highest BCUT2D eigenvalue weighted by Gasteiger charge is 2.59. The Morgan fingerprint density at radius 2 is 1.66 bits per heavy atom. The van der Waals surface area contributed by atoms with Crippen LogP contribution in [0.25, 0.3) is 0 Å². The summed E-state index contributed by atoms with van der Waals surface area (Å²) in [4.78, 5) is 51.3. The van der Waals surface area contributed by atoms with E-state index in [4.69, 9.17) is 16.3 Å². The molecule has 1 aliphatic heterocycles. The molecule has 0 spiro atoms. The third-order valence-corrected chi connectivity index (χ3v) is 6.51. The topological polar surface area (TPSA) is 92.8 Å². The highest BCUT2D eigenvalue weighted by Crippen LogP contribution is 2.53. The van der Waals surface area contributed by atoms with Gasteiger partial charge in [0.25, 0.3) is 5.91 Å². The molecule has 4 atom stereocenters. The number of carbonyl (C=O) groups is 4. The Kier molecular flexibility index (Phi) is 5.06. The molecule has 2 aliphatic carbocycles. The molecule has 1 saturated heterocycles. The van der Waals surface area contributed by atoms with Crippen LogP contribution in [0.5, 0.6) is 0 Å². The van der Waals surface area contributed by atoms with Crippen molar-refractivity contribution in [1.29, 1.82) is 0 Å². The number of esters is 1. The largest absolute Gasteiger partial charge is 0.452 e. The molecule has 7 nitrogen and oxygen atoms in total. The Morgan fingerprint density at radius 1 is 1.00 bits per heavy atom. The van der Waals surface area contributed by atoms with Gasteiger partial charge in [-0.1, -0.05) is 29.8 Å². The zero-order chi connectivity index (χ0) is 22.4. The quantitative estimate of drug-likeness (QED) is 0.428. The van der Waals surface area contributed by atoms with Gasteiger partial charge in [-0.25, -0.2) is 4.79 Å². The second kappa shape index (κ2) is 7.91. The molecule has 3 aliphatic rings. The lowest BCUT2D eigenvalue weighted by Crippen LogP contribution is -2.32. The second-order valence-corrected chi connectivity index (χ2v) is 8.63. The zero-order valence-electron chi connectivity index (χ0n) is 16.9. The molecule has 2 fully saturated rings. The van der Waals surface area contributed by atoms with Gasteiger partial charge in [0, 0.05) is 10.7 Å². The van der Waals surface area contributed by atoms with E-state index >= 15 is 0 Å². The first-order valence-electron chi connectivity index (χ1n) is 10.3. The number of carbonyl (C=O) groups excluding carboxylic acids is 4. The third-order valence-electron chi connectivity index (χ3n) is 6.27. The highest BCUT2D eigenvalue weighted by atomic mass is 35.5. The van der Waals surface area contributed by atoms with Crippen LogP contribution in [-0.4, -0.2) is 30.3 Å². The summed E-state index contributed by atoms with van der Waals surface area (Å²) in [5.74, 6) is -1.82. The van der Waals surface area contributed by atoms with E-state index in [0.29, 0.717) is 16.4 Å². The number of hydrogen-bond acceptors (Lipinski definition) is 5. The predicted molar refractivity (Wildman–Crippen MR) is 117 cm³/mol. The number of allylic oxidation sites excluding steroid dienone is 2. The average Bonchev–Trinajstić information content (AvgIpc) is 3.46. The summed E-state index contributed by atoms with van der Waals surface area (Å²) in [5, 5.41) is 3.06. The van der Waals surface area contributed by atoms with Crippen LogP contribution in [0.2, 0.25) is 5.02 Å². The first kappa shape index (κ1) is 20.5. The number of nitrogens with zero attached hydrogens (tertiary/aromatic N) is 1. The highest BCUT2D eigenvalue weighted by molar-refractivity contribution is 6.30. The molecule has 0 aromatic heterocycles. The minimum Gasteiger partial charge on any atom is -0.452 e. The monoisotopic (exact) mass is 450 g/mol. The molecule has 8 heteroatoms. The first-order chi connectivity index (χ1) is 15.4. The van der Waals surface area contributed by atoms with Gasteiger partial charge in [-0.05, 0) is 60.7 Å². The number of benzene rings is 2. The molecule has 2 aromatic rings. The van der Waals surface area contributed by atoms with Gasteiger partial charge in [0.05, 0.1) is 23.1 Å². The van der Waals surface area contributed by atoms with Gasteiger partial charge in [0.1, 0.15) is 0 Å². The van der Waals surface area contributed by atoms with Crippen LogP contribution in [0.4, 0.5) is 11.4 Å². The molecule has 162 valence electrons. The molecule has 2 aromatic carbocycles. The van der Waals surface area contributed by atoms with Crippen LogP contribution >= 0.6 is 11.6 Å². The lowest BCUT2D eigenvalue weighted by Gasteiger charge is -2.17. The van der Waals surface area contributed by atoms with Crippen molar-refractivity contribution in [2.75, 3.05) is 16.8 Å². The lowest BCUT2D eigenvalue weighted by atomic mass is 9.85. The van der Waals surface area contributed by atoms with E-state index in [1.54, 1.807) is 36.4 Å². The van der Waals surface area contributed by atoms with Crippen molar-refractivity contribution in [3.05, 3.63) is 71.3 Å². The van der Waals surface area contributed by atoms with Crippen molar-refractivity contribution in [3.63, 3.8) is 0 Å². The summed E-state index contributed by atoms with van der Waals surface area (Å²) >= 11 is 5.87. The van der Waals surface area contributed by atoms with Crippen LogP contribution in [0.1, 0.15) is 16.8 Å². The predicted octanol–water partition coefficient (Wildman–Crippen LogP) is 3.45. The van der Waals surface area contributed by atoms with E-state index in [-0.39, 0.29) is 41.0 Å². The van der Waals surface area contributed by atoms with Gasteiger partial charge in [-0.15, -0.1) is 0 Å². The second-order valence-electron chi connectivity index (χ2n) is 8.19. The fraction of sp³-hybridized carbons (Fsp3) is 0.250. The van der Waals surface area contributed by atoms with Gasteiger partial charge < -0.3 is 10.1 Å². The summed E-state index contributed by atoms with van der Waals surface area (Å²) in [7, 11) is 0. The molecular formula is C24H19ClN2O5. The Balaban J connectivity index is 1.20. The molecule has 2 bridgehead atoms. The number of hydrogen-bond donors (Lipinski definition) is 1. The summed E-state index contributed by atoms with van der Waals surface area (Å²) in [5.41, 5.74) is 1.14. The fourth-order valence-electron chi connectivity index (χ4n) is 4.88. The smallest absolute Gasteiger partial charge is 0.338 e. The Hall–Kier alpha value is -3.45. The zero-order valence-corrected chi connectivity index (χ0v) is 17.6. The van der Waals surface area contributed by atoms with Crippen molar-refractivity contribution in [2.45, 2.75) is 6.42 Å². The SMILES string of the molecule is O=C(COC(=O)c1ccc(N2C(=O)[C@H]3[C@H](C2=O)[C@H]2C=C[C@H]3C2)cc1)Nc1cccc(Cl)c1. The molecule has 5 rings (SSSR count).